The van der Waals surface area contributed by atoms with E-state index in [9.17, 15) is 5.11 Å². The summed E-state index contributed by atoms with van der Waals surface area (Å²) in [5.74, 6) is 0.596. The molecule has 0 atom stereocenters. The van der Waals surface area contributed by atoms with Crippen molar-refractivity contribution in [2.45, 2.75) is 57.5 Å². The van der Waals surface area contributed by atoms with Crippen molar-refractivity contribution in [3.8, 4) is 0 Å². The van der Waals surface area contributed by atoms with Crippen LogP contribution in [0.3, 0.4) is 0 Å². The monoisotopic (exact) mass is 281 g/mol. The number of nitrogens with zero attached hydrogens (tertiary/aromatic N) is 1. The minimum absolute atomic E-state index is 0.0878. The van der Waals surface area contributed by atoms with Gasteiger partial charge in [0.05, 0.1) is 6.10 Å². The molecule has 1 aromatic carbocycles. The summed E-state index contributed by atoms with van der Waals surface area (Å²) in [7, 11) is 0. The summed E-state index contributed by atoms with van der Waals surface area (Å²) in [5, 5.41) is 9.45. The average molecular weight is 281 g/mol. The van der Waals surface area contributed by atoms with Gasteiger partial charge in [0.25, 0.3) is 0 Å². The number of piperidine rings is 1. The Morgan fingerprint density at radius 3 is 2.11 bits per heavy atom. The quantitative estimate of drug-likeness (QED) is 0.836. The van der Waals surface area contributed by atoms with E-state index in [0.717, 1.165) is 25.9 Å². The highest BCUT2D eigenvalue weighted by atomic mass is 32.2. The maximum atomic E-state index is 9.45. The topological polar surface area (TPSA) is 23.5 Å². The van der Waals surface area contributed by atoms with Gasteiger partial charge in [-0.15, -0.1) is 0 Å². The maximum absolute atomic E-state index is 9.45. The number of rotatable bonds is 3. The highest BCUT2D eigenvalue weighted by Crippen LogP contribution is 2.27. The fraction of sp³-hybridized carbons (Fsp3) is 0.625. The van der Waals surface area contributed by atoms with Crippen LogP contribution in [0.1, 0.15) is 52.0 Å². The first-order chi connectivity index (χ1) is 9.15. The van der Waals surface area contributed by atoms with E-state index in [1.54, 1.807) is 0 Å². The minimum atomic E-state index is -0.0878. The molecule has 0 radical (unpaired) electrons. The zero-order valence-corrected chi connectivity index (χ0v) is 13.4. The van der Waals surface area contributed by atoms with Crippen LogP contribution in [0.5, 0.6) is 0 Å². The van der Waals surface area contributed by atoms with E-state index in [0.29, 0.717) is 5.92 Å². The van der Waals surface area contributed by atoms with Gasteiger partial charge in [0.2, 0.25) is 0 Å². The van der Waals surface area contributed by atoms with Crippen LogP contribution in [0.25, 0.3) is 0 Å². The summed E-state index contributed by atoms with van der Waals surface area (Å²) in [6.07, 6.45) is 1.71. The van der Waals surface area contributed by atoms with Crippen LogP contribution in [0.15, 0.2) is 29.2 Å². The Kier molecular flexibility index (Phi) is 7.51. The molecule has 108 valence electrons. The van der Waals surface area contributed by atoms with Gasteiger partial charge >= 0.3 is 0 Å². The third-order valence-corrected chi connectivity index (χ3v) is 4.31. The molecule has 0 bridgehead atoms. The van der Waals surface area contributed by atoms with Crippen LogP contribution in [0.4, 0.5) is 0 Å². The molecule has 19 heavy (non-hydrogen) atoms. The van der Waals surface area contributed by atoms with E-state index >= 15 is 0 Å². The number of aliphatic hydroxyl groups excluding tert-OH is 1. The van der Waals surface area contributed by atoms with Crippen LogP contribution >= 0.6 is 11.9 Å². The molecule has 0 unspecified atom stereocenters. The number of aliphatic hydroxyl groups is 1. The molecule has 1 fully saturated rings. The van der Waals surface area contributed by atoms with E-state index in [1.807, 2.05) is 25.8 Å². The van der Waals surface area contributed by atoms with Crippen molar-refractivity contribution in [3.05, 3.63) is 29.8 Å². The van der Waals surface area contributed by atoms with Gasteiger partial charge in [0, 0.05) is 18.0 Å². The lowest BCUT2D eigenvalue weighted by Crippen LogP contribution is -2.30. The predicted molar refractivity (Wildman–Crippen MR) is 84.5 cm³/mol. The van der Waals surface area contributed by atoms with Crippen LogP contribution in [-0.2, 0) is 0 Å². The Bertz CT molecular complexity index is 342. The molecule has 2 rings (SSSR count). The lowest BCUT2D eigenvalue weighted by Gasteiger charge is -2.28. The van der Waals surface area contributed by atoms with Crippen LogP contribution in [0, 0.1) is 0 Å². The molecule has 0 saturated carbocycles. The first-order valence-electron chi connectivity index (χ1n) is 7.36. The fourth-order valence-corrected chi connectivity index (χ4v) is 2.95. The van der Waals surface area contributed by atoms with Crippen molar-refractivity contribution in [1.29, 1.82) is 0 Å². The summed E-state index contributed by atoms with van der Waals surface area (Å²) < 4.78 is 2.34. The first-order valence-corrected chi connectivity index (χ1v) is 8.13. The molecule has 2 nitrogen and oxygen atoms in total. The molecule has 0 aromatic heterocycles. The summed E-state index contributed by atoms with van der Waals surface area (Å²) in [6.45, 7) is 10.4. The Morgan fingerprint density at radius 1 is 1.11 bits per heavy atom. The second kappa shape index (κ2) is 8.62. The fourth-order valence-electron chi connectivity index (χ4n) is 2.00. The first kappa shape index (κ1) is 16.5. The predicted octanol–water partition coefficient (Wildman–Crippen LogP) is 4.30. The van der Waals surface area contributed by atoms with Crippen LogP contribution in [0.2, 0.25) is 0 Å². The highest BCUT2D eigenvalue weighted by molar-refractivity contribution is 7.97. The van der Waals surface area contributed by atoms with E-state index in [-0.39, 0.29) is 6.10 Å². The summed E-state index contributed by atoms with van der Waals surface area (Å²) in [4.78, 5) is 1.30. The van der Waals surface area contributed by atoms with E-state index in [4.69, 9.17) is 0 Å². The summed E-state index contributed by atoms with van der Waals surface area (Å²) in [6, 6.07) is 8.83. The van der Waals surface area contributed by atoms with Crippen LogP contribution < -0.4 is 0 Å². The van der Waals surface area contributed by atoms with Crippen molar-refractivity contribution in [2.75, 3.05) is 13.1 Å². The molecule has 1 aromatic rings. The Hall–Kier alpha value is -0.510. The molecule has 0 amide bonds. The molecule has 1 N–H and O–H groups in total. The van der Waals surface area contributed by atoms with Gasteiger partial charge < -0.3 is 5.11 Å². The van der Waals surface area contributed by atoms with Gasteiger partial charge in [-0.25, -0.2) is 4.31 Å². The van der Waals surface area contributed by atoms with Gasteiger partial charge in [-0.05, 0) is 48.4 Å². The lowest BCUT2D eigenvalue weighted by atomic mass is 10.0. The van der Waals surface area contributed by atoms with Crippen molar-refractivity contribution >= 4 is 11.9 Å². The maximum Gasteiger partial charge on any atom is 0.0565 e. The molecule has 1 heterocycles. The van der Waals surface area contributed by atoms with E-state index in [1.165, 1.54) is 10.5 Å². The minimum Gasteiger partial charge on any atom is -0.393 e. The van der Waals surface area contributed by atoms with Crippen LogP contribution in [-0.4, -0.2) is 28.6 Å². The highest BCUT2D eigenvalue weighted by Gasteiger charge is 2.17. The van der Waals surface area contributed by atoms with E-state index < -0.39 is 0 Å². The molecule has 3 heteroatoms. The Morgan fingerprint density at radius 2 is 1.63 bits per heavy atom. The average Bonchev–Trinajstić information content (AvgIpc) is 2.44. The Labute approximate surface area is 122 Å². The Balaban J connectivity index is 0.000000861. The zero-order chi connectivity index (χ0) is 14.3. The lowest BCUT2D eigenvalue weighted by molar-refractivity contribution is 0.116. The zero-order valence-electron chi connectivity index (χ0n) is 12.6. The summed E-state index contributed by atoms with van der Waals surface area (Å²) >= 11 is 1.81. The van der Waals surface area contributed by atoms with Gasteiger partial charge in [-0.3, -0.25) is 0 Å². The third-order valence-electron chi connectivity index (χ3n) is 3.20. The van der Waals surface area contributed by atoms with Crippen molar-refractivity contribution in [2.24, 2.45) is 0 Å². The molecule has 0 spiro atoms. The number of hydrogen-bond acceptors (Lipinski definition) is 3. The van der Waals surface area contributed by atoms with Crippen molar-refractivity contribution < 1.29 is 5.11 Å². The number of hydrogen-bond donors (Lipinski definition) is 1. The number of benzene rings is 1. The second-order valence-corrected chi connectivity index (χ2v) is 6.15. The van der Waals surface area contributed by atoms with Gasteiger partial charge in [0.15, 0.2) is 0 Å². The normalized spacial score (nSPS) is 17.2. The molecule has 1 aliphatic heterocycles. The molecular formula is C16H27NOS. The summed E-state index contributed by atoms with van der Waals surface area (Å²) in [5.41, 5.74) is 1.39. The van der Waals surface area contributed by atoms with Gasteiger partial charge in [-0.2, -0.15) is 0 Å². The molecule has 1 saturated heterocycles. The SMILES string of the molecule is CC.CC(C)c1ccc(SN2CCC(O)CC2)cc1. The van der Waals surface area contributed by atoms with Crippen molar-refractivity contribution in [3.63, 3.8) is 0 Å². The second-order valence-electron chi connectivity index (χ2n) is 4.98. The third kappa shape index (κ3) is 5.55. The molecular weight excluding hydrogens is 254 g/mol. The van der Waals surface area contributed by atoms with Crippen molar-refractivity contribution in [1.82, 2.24) is 4.31 Å². The largest absolute Gasteiger partial charge is 0.393 e. The molecule has 0 aliphatic carbocycles. The smallest absolute Gasteiger partial charge is 0.0565 e. The van der Waals surface area contributed by atoms with Gasteiger partial charge in [-0.1, -0.05) is 39.8 Å². The van der Waals surface area contributed by atoms with Gasteiger partial charge in [0.1, 0.15) is 0 Å². The molecule has 1 aliphatic rings. The standard InChI is InChI=1S/C14H21NOS.C2H6/c1-11(2)12-3-5-14(6-4-12)17-15-9-7-13(16)8-10-15;1-2/h3-6,11,13,16H,7-10H2,1-2H3;1-2H3. The van der Waals surface area contributed by atoms with E-state index in [2.05, 4.69) is 42.4 Å².